The summed E-state index contributed by atoms with van der Waals surface area (Å²) in [4.78, 5) is 7.82. The second kappa shape index (κ2) is 6.85. The van der Waals surface area contributed by atoms with Crippen LogP contribution < -0.4 is 20.9 Å². The summed E-state index contributed by atoms with van der Waals surface area (Å²) in [5, 5.41) is 9.85. The van der Waals surface area contributed by atoms with Crippen molar-refractivity contribution in [1.82, 2.24) is 9.97 Å². The number of hydrogen-bond acceptors (Lipinski definition) is 7. The van der Waals surface area contributed by atoms with Crippen molar-refractivity contribution in [2.45, 2.75) is 6.42 Å². The number of ether oxygens (including phenoxy) is 2. The van der Waals surface area contributed by atoms with Crippen molar-refractivity contribution in [1.29, 1.82) is 0 Å². The predicted octanol–water partition coefficient (Wildman–Crippen LogP) is 1.38. The van der Waals surface area contributed by atoms with Crippen LogP contribution in [0.5, 0.6) is 17.2 Å². The van der Waals surface area contributed by atoms with Crippen molar-refractivity contribution in [3.63, 3.8) is 0 Å². The Kier molecular flexibility index (Phi) is 5.43. The summed E-state index contributed by atoms with van der Waals surface area (Å²) in [7, 11) is 2.94. The standard InChI is InChI=1S/C13H16N4O3.ClH/c1-19-9-4-7(5-10(20-2)11(9)18)3-8-6-16-13(15)17-12(8)14;/h4-6,18H,3H2,1-2H3,(H4,14,15,16,17);1H. The molecule has 114 valence electrons. The summed E-state index contributed by atoms with van der Waals surface area (Å²) in [6.45, 7) is 0. The number of phenols is 1. The monoisotopic (exact) mass is 312 g/mol. The molecular weight excluding hydrogens is 296 g/mol. The van der Waals surface area contributed by atoms with Crippen LogP contribution in [0.15, 0.2) is 18.3 Å². The molecule has 0 aliphatic carbocycles. The Morgan fingerprint density at radius 2 is 1.71 bits per heavy atom. The highest BCUT2D eigenvalue weighted by molar-refractivity contribution is 5.85. The van der Waals surface area contributed by atoms with Crippen LogP contribution in [0.2, 0.25) is 0 Å². The minimum atomic E-state index is -0.0414. The molecule has 0 aliphatic heterocycles. The van der Waals surface area contributed by atoms with Gasteiger partial charge in [-0.15, -0.1) is 12.4 Å². The van der Waals surface area contributed by atoms with Gasteiger partial charge in [0.15, 0.2) is 11.5 Å². The summed E-state index contributed by atoms with van der Waals surface area (Å²) in [6.07, 6.45) is 2.04. The minimum absolute atomic E-state index is 0. The molecular formula is C13H17ClN4O3. The van der Waals surface area contributed by atoms with Gasteiger partial charge in [0.05, 0.1) is 14.2 Å². The number of nitrogens with zero attached hydrogens (tertiary/aromatic N) is 2. The molecule has 0 unspecified atom stereocenters. The van der Waals surface area contributed by atoms with Gasteiger partial charge in [-0.1, -0.05) is 0 Å². The maximum atomic E-state index is 9.85. The first kappa shape index (κ1) is 16.6. The highest BCUT2D eigenvalue weighted by Gasteiger charge is 2.12. The van der Waals surface area contributed by atoms with E-state index in [0.29, 0.717) is 23.7 Å². The molecule has 8 heteroatoms. The van der Waals surface area contributed by atoms with Crippen molar-refractivity contribution in [2.24, 2.45) is 0 Å². The average Bonchev–Trinajstić information content (AvgIpc) is 2.43. The number of rotatable bonds is 4. The Hall–Kier alpha value is -2.41. The quantitative estimate of drug-likeness (QED) is 0.780. The smallest absolute Gasteiger partial charge is 0.221 e. The number of nitrogen functional groups attached to an aromatic ring is 2. The molecule has 0 bridgehead atoms. The highest BCUT2D eigenvalue weighted by Crippen LogP contribution is 2.37. The Morgan fingerprint density at radius 3 is 2.19 bits per heavy atom. The van der Waals surface area contributed by atoms with Gasteiger partial charge in [-0.05, 0) is 17.7 Å². The number of halogens is 1. The van der Waals surface area contributed by atoms with E-state index in [1.54, 1.807) is 18.3 Å². The molecule has 0 amide bonds. The molecule has 1 aromatic heterocycles. The van der Waals surface area contributed by atoms with Crippen molar-refractivity contribution in [3.8, 4) is 17.2 Å². The van der Waals surface area contributed by atoms with Gasteiger partial charge >= 0.3 is 0 Å². The first-order chi connectivity index (χ1) is 9.55. The van der Waals surface area contributed by atoms with E-state index in [0.717, 1.165) is 11.1 Å². The first-order valence-electron chi connectivity index (χ1n) is 5.86. The van der Waals surface area contributed by atoms with E-state index in [1.165, 1.54) is 14.2 Å². The lowest BCUT2D eigenvalue weighted by molar-refractivity contribution is 0.339. The Morgan fingerprint density at radius 1 is 1.14 bits per heavy atom. The molecule has 0 radical (unpaired) electrons. The number of benzene rings is 1. The lowest BCUT2D eigenvalue weighted by Gasteiger charge is -2.11. The molecule has 0 spiro atoms. The van der Waals surface area contributed by atoms with Crippen LogP contribution in [0, 0.1) is 0 Å². The lowest BCUT2D eigenvalue weighted by Crippen LogP contribution is -2.04. The van der Waals surface area contributed by atoms with Crippen molar-refractivity contribution in [2.75, 3.05) is 25.7 Å². The SMILES string of the molecule is COc1cc(Cc2cnc(N)nc2N)cc(OC)c1O.Cl. The van der Waals surface area contributed by atoms with Gasteiger partial charge in [0.2, 0.25) is 11.7 Å². The van der Waals surface area contributed by atoms with E-state index in [2.05, 4.69) is 9.97 Å². The third-order valence-corrected chi connectivity index (χ3v) is 2.85. The maximum absolute atomic E-state index is 9.85. The zero-order valence-electron chi connectivity index (χ0n) is 11.7. The molecule has 0 aliphatic rings. The number of phenolic OH excluding ortho intramolecular Hbond substituents is 1. The second-order valence-electron chi connectivity index (χ2n) is 4.16. The van der Waals surface area contributed by atoms with E-state index in [4.69, 9.17) is 20.9 Å². The van der Waals surface area contributed by atoms with E-state index in [1.807, 2.05) is 0 Å². The van der Waals surface area contributed by atoms with Gasteiger partial charge in [0.1, 0.15) is 5.82 Å². The summed E-state index contributed by atoms with van der Waals surface area (Å²) in [5.74, 6) is 1.07. The predicted molar refractivity (Wildman–Crippen MR) is 82.1 cm³/mol. The van der Waals surface area contributed by atoms with E-state index in [9.17, 15) is 5.11 Å². The van der Waals surface area contributed by atoms with Crippen molar-refractivity contribution in [3.05, 3.63) is 29.5 Å². The molecule has 1 aromatic carbocycles. The largest absolute Gasteiger partial charge is 0.502 e. The number of methoxy groups -OCH3 is 2. The van der Waals surface area contributed by atoms with Crippen LogP contribution in [0.4, 0.5) is 11.8 Å². The molecule has 2 aromatic rings. The molecule has 0 saturated carbocycles. The fraction of sp³-hybridized carbons (Fsp3) is 0.231. The zero-order chi connectivity index (χ0) is 14.7. The van der Waals surface area contributed by atoms with Gasteiger partial charge in [-0.2, -0.15) is 4.98 Å². The highest BCUT2D eigenvalue weighted by atomic mass is 35.5. The van der Waals surface area contributed by atoms with Crippen LogP contribution in [-0.4, -0.2) is 29.3 Å². The van der Waals surface area contributed by atoms with Gasteiger partial charge < -0.3 is 26.0 Å². The number of aromatic nitrogens is 2. The van der Waals surface area contributed by atoms with Crippen LogP contribution in [0.1, 0.15) is 11.1 Å². The Balaban J connectivity index is 0.00000220. The van der Waals surface area contributed by atoms with Gasteiger partial charge in [-0.3, -0.25) is 0 Å². The second-order valence-corrected chi connectivity index (χ2v) is 4.16. The molecule has 7 nitrogen and oxygen atoms in total. The van der Waals surface area contributed by atoms with Gasteiger partial charge in [0.25, 0.3) is 0 Å². The number of nitrogens with two attached hydrogens (primary N) is 2. The Bertz CT molecular complexity index is 612. The average molecular weight is 313 g/mol. The molecule has 0 saturated heterocycles. The van der Waals surface area contributed by atoms with Gasteiger partial charge in [-0.25, -0.2) is 4.98 Å². The third kappa shape index (κ3) is 3.57. The van der Waals surface area contributed by atoms with E-state index in [-0.39, 0.29) is 24.1 Å². The normalized spacial score (nSPS) is 9.81. The van der Waals surface area contributed by atoms with Gasteiger partial charge in [0, 0.05) is 18.2 Å². The first-order valence-corrected chi connectivity index (χ1v) is 5.86. The molecule has 1 heterocycles. The fourth-order valence-electron chi connectivity index (χ4n) is 1.84. The number of aromatic hydroxyl groups is 1. The number of anilines is 2. The van der Waals surface area contributed by atoms with E-state index >= 15 is 0 Å². The lowest BCUT2D eigenvalue weighted by atomic mass is 10.1. The molecule has 0 atom stereocenters. The summed E-state index contributed by atoms with van der Waals surface area (Å²) >= 11 is 0. The fourth-order valence-corrected chi connectivity index (χ4v) is 1.84. The minimum Gasteiger partial charge on any atom is -0.502 e. The van der Waals surface area contributed by atoms with E-state index < -0.39 is 0 Å². The van der Waals surface area contributed by atoms with Crippen LogP contribution in [0.25, 0.3) is 0 Å². The summed E-state index contributed by atoms with van der Waals surface area (Å²) in [5.41, 5.74) is 12.8. The maximum Gasteiger partial charge on any atom is 0.221 e. The third-order valence-electron chi connectivity index (χ3n) is 2.85. The van der Waals surface area contributed by atoms with Crippen molar-refractivity contribution >= 4 is 24.2 Å². The molecule has 21 heavy (non-hydrogen) atoms. The summed E-state index contributed by atoms with van der Waals surface area (Å²) < 4.78 is 10.2. The topological polar surface area (TPSA) is 117 Å². The zero-order valence-corrected chi connectivity index (χ0v) is 12.5. The molecule has 2 rings (SSSR count). The summed E-state index contributed by atoms with van der Waals surface area (Å²) in [6, 6.07) is 3.40. The Labute approximate surface area is 128 Å². The van der Waals surface area contributed by atoms with Crippen LogP contribution >= 0.6 is 12.4 Å². The van der Waals surface area contributed by atoms with Crippen LogP contribution in [-0.2, 0) is 6.42 Å². The van der Waals surface area contributed by atoms with Crippen LogP contribution in [0.3, 0.4) is 0 Å². The molecule has 5 N–H and O–H groups in total. The number of hydrogen-bond donors (Lipinski definition) is 3. The molecule has 0 fully saturated rings. The van der Waals surface area contributed by atoms with Crippen molar-refractivity contribution < 1.29 is 14.6 Å².